The topological polar surface area (TPSA) is 71.0 Å². The zero-order chi connectivity index (χ0) is 15.0. The van der Waals surface area contributed by atoms with Gasteiger partial charge in [0.15, 0.2) is 5.43 Å². The van der Waals surface area contributed by atoms with E-state index in [0.29, 0.717) is 12.1 Å². The minimum Gasteiger partial charge on any atom is -0.361 e. The Morgan fingerprint density at radius 3 is 2.90 bits per heavy atom. The van der Waals surface area contributed by atoms with Crippen molar-refractivity contribution in [2.24, 2.45) is 7.05 Å². The molecule has 0 spiro atoms. The van der Waals surface area contributed by atoms with Crippen LogP contribution in [0.4, 0.5) is 0 Å². The number of aromatic amines is 1. The normalized spacial score (nSPS) is 18.2. The van der Waals surface area contributed by atoms with E-state index in [1.54, 1.807) is 36.3 Å². The minimum atomic E-state index is -0.0645. The third-order valence-electron chi connectivity index (χ3n) is 3.82. The first-order valence-corrected chi connectivity index (χ1v) is 7.05. The van der Waals surface area contributed by atoms with Crippen LogP contribution in [0.2, 0.25) is 0 Å². The first-order chi connectivity index (χ1) is 10.0. The van der Waals surface area contributed by atoms with Crippen LogP contribution in [-0.2, 0) is 7.05 Å². The maximum Gasteiger partial charge on any atom is 0.257 e. The second-order valence-electron chi connectivity index (χ2n) is 5.51. The highest BCUT2D eigenvalue weighted by Gasteiger charge is 2.31. The molecule has 2 aromatic heterocycles. The maximum absolute atomic E-state index is 12.6. The number of rotatable bonds is 2. The lowest BCUT2D eigenvalue weighted by molar-refractivity contribution is 0.0732. The lowest BCUT2D eigenvalue weighted by Crippen LogP contribution is -2.31. The van der Waals surface area contributed by atoms with Gasteiger partial charge < -0.3 is 9.88 Å². The predicted octanol–water partition coefficient (Wildman–Crippen LogP) is 1.39. The van der Waals surface area contributed by atoms with Crippen molar-refractivity contribution in [3.63, 3.8) is 0 Å². The molecule has 0 aromatic carbocycles. The average molecular weight is 286 g/mol. The van der Waals surface area contributed by atoms with Crippen LogP contribution in [0, 0.1) is 6.92 Å². The van der Waals surface area contributed by atoms with Crippen LogP contribution < -0.4 is 5.43 Å². The number of amides is 1. The van der Waals surface area contributed by atoms with Crippen LogP contribution in [0.25, 0.3) is 0 Å². The van der Waals surface area contributed by atoms with Crippen molar-refractivity contribution in [3.05, 3.63) is 51.7 Å². The minimum absolute atomic E-state index is 0.0260. The van der Waals surface area contributed by atoms with Gasteiger partial charge in [0.2, 0.25) is 0 Å². The van der Waals surface area contributed by atoms with Gasteiger partial charge in [-0.15, -0.1) is 0 Å². The number of likely N-dealkylation sites (tertiary alicyclic amines) is 1. The quantitative estimate of drug-likeness (QED) is 0.907. The molecule has 1 aliphatic rings. The summed E-state index contributed by atoms with van der Waals surface area (Å²) >= 11 is 0. The first-order valence-electron chi connectivity index (χ1n) is 7.05. The van der Waals surface area contributed by atoms with Gasteiger partial charge in [-0.2, -0.15) is 5.10 Å². The van der Waals surface area contributed by atoms with Gasteiger partial charge in [0.05, 0.1) is 17.8 Å². The highest BCUT2D eigenvalue weighted by atomic mass is 16.2. The summed E-state index contributed by atoms with van der Waals surface area (Å²) in [5.41, 5.74) is 2.19. The van der Waals surface area contributed by atoms with E-state index in [1.165, 1.54) is 0 Å². The molecular formula is C15H18N4O2. The van der Waals surface area contributed by atoms with Crippen molar-refractivity contribution < 1.29 is 4.79 Å². The summed E-state index contributed by atoms with van der Waals surface area (Å²) in [6, 6.07) is 3.09. The second-order valence-corrected chi connectivity index (χ2v) is 5.51. The highest BCUT2D eigenvalue weighted by Crippen LogP contribution is 2.31. The fraction of sp³-hybridized carbons (Fsp3) is 0.400. The molecule has 3 rings (SSSR count). The van der Waals surface area contributed by atoms with Gasteiger partial charge in [-0.25, -0.2) is 0 Å². The Balaban J connectivity index is 1.92. The number of hydrogen-bond acceptors (Lipinski definition) is 3. The SMILES string of the molecule is Cc1cc(=O)cc(C2CCCN2C(=O)c2cnn(C)c2)[nH]1. The summed E-state index contributed by atoms with van der Waals surface area (Å²) in [4.78, 5) is 29.3. The Morgan fingerprint density at radius 1 is 1.43 bits per heavy atom. The summed E-state index contributed by atoms with van der Waals surface area (Å²) in [6.45, 7) is 2.56. The van der Waals surface area contributed by atoms with Crippen molar-refractivity contribution in [3.8, 4) is 0 Å². The van der Waals surface area contributed by atoms with Gasteiger partial charge in [-0.05, 0) is 19.8 Å². The van der Waals surface area contributed by atoms with Crippen molar-refractivity contribution in [1.82, 2.24) is 19.7 Å². The predicted molar refractivity (Wildman–Crippen MR) is 78.0 cm³/mol. The molecule has 0 saturated carbocycles. The number of nitrogens with zero attached hydrogens (tertiary/aromatic N) is 3. The standard InChI is InChI=1S/C15H18N4O2/c1-10-6-12(20)7-13(17-10)14-4-3-5-19(14)15(21)11-8-16-18(2)9-11/h6-9,14H,3-5H2,1-2H3,(H,17,20). The molecule has 1 atom stereocenters. The molecule has 1 amide bonds. The lowest BCUT2D eigenvalue weighted by atomic mass is 10.1. The van der Waals surface area contributed by atoms with E-state index in [4.69, 9.17) is 0 Å². The van der Waals surface area contributed by atoms with Gasteiger partial charge in [0.25, 0.3) is 5.91 Å². The molecule has 0 bridgehead atoms. The summed E-state index contributed by atoms with van der Waals surface area (Å²) in [5.74, 6) is -0.0343. The second kappa shape index (κ2) is 5.20. The third kappa shape index (κ3) is 2.61. The summed E-state index contributed by atoms with van der Waals surface area (Å²) in [7, 11) is 1.79. The molecule has 1 fully saturated rings. The van der Waals surface area contributed by atoms with Crippen LogP contribution in [-0.4, -0.2) is 32.1 Å². The molecule has 21 heavy (non-hydrogen) atoms. The molecule has 1 saturated heterocycles. The van der Waals surface area contributed by atoms with Crippen LogP contribution in [0.15, 0.2) is 29.3 Å². The number of pyridine rings is 1. The molecule has 0 aliphatic carbocycles. The van der Waals surface area contributed by atoms with Crippen molar-refractivity contribution in [2.75, 3.05) is 6.54 Å². The van der Waals surface area contributed by atoms with Crippen LogP contribution in [0.1, 0.15) is 40.6 Å². The van der Waals surface area contributed by atoms with E-state index in [2.05, 4.69) is 10.1 Å². The molecule has 6 nitrogen and oxygen atoms in total. The van der Waals surface area contributed by atoms with E-state index in [-0.39, 0.29) is 17.4 Å². The maximum atomic E-state index is 12.6. The Morgan fingerprint density at radius 2 is 2.24 bits per heavy atom. The first kappa shape index (κ1) is 13.6. The Kier molecular flexibility index (Phi) is 3.37. The van der Waals surface area contributed by atoms with Crippen molar-refractivity contribution in [2.45, 2.75) is 25.8 Å². The number of H-pyrrole nitrogens is 1. The molecule has 0 radical (unpaired) electrons. The van der Waals surface area contributed by atoms with Crippen molar-refractivity contribution >= 4 is 5.91 Å². The number of carbonyl (C=O) groups excluding carboxylic acids is 1. The van der Waals surface area contributed by atoms with E-state index in [0.717, 1.165) is 24.2 Å². The number of aromatic nitrogens is 3. The van der Waals surface area contributed by atoms with Crippen molar-refractivity contribution in [1.29, 1.82) is 0 Å². The molecule has 1 aliphatic heterocycles. The van der Waals surface area contributed by atoms with Crippen LogP contribution in [0.5, 0.6) is 0 Å². The fourth-order valence-electron chi connectivity index (χ4n) is 2.92. The van der Waals surface area contributed by atoms with E-state index in [1.807, 2.05) is 11.8 Å². The highest BCUT2D eigenvalue weighted by molar-refractivity contribution is 5.94. The Labute approximate surface area is 122 Å². The smallest absolute Gasteiger partial charge is 0.257 e. The van der Waals surface area contributed by atoms with Gasteiger partial charge >= 0.3 is 0 Å². The number of hydrogen-bond donors (Lipinski definition) is 1. The molecule has 3 heterocycles. The largest absolute Gasteiger partial charge is 0.361 e. The third-order valence-corrected chi connectivity index (χ3v) is 3.82. The van der Waals surface area contributed by atoms with Gasteiger partial charge in [-0.1, -0.05) is 0 Å². The van der Waals surface area contributed by atoms with Gasteiger partial charge in [0, 0.05) is 43.3 Å². The molecule has 1 unspecified atom stereocenters. The van der Waals surface area contributed by atoms with Crippen LogP contribution >= 0.6 is 0 Å². The van der Waals surface area contributed by atoms with Gasteiger partial charge in [0.1, 0.15) is 0 Å². The zero-order valence-electron chi connectivity index (χ0n) is 12.2. The number of nitrogens with one attached hydrogen (secondary N) is 1. The fourth-order valence-corrected chi connectivity index (χ4v) is 2.92. The Bertz CT molecular complexity index is 731. The Hall–Kier alpha value is -2.37. The number of aryl methyl sites for hydroxylation is 2. The molecular weight excluding hydrogens is 268 g/mol. The van der Waals surface area contributed by atoms with E-state index >= 15 is 0 Å². The molecule has 1 N–H and O–H groups in total. The summed E-state index contributed by atoms with van der Waals surface area (Å²) < 4.78 is 1.62. The molecule has 2 aromatic rings. The molecule has 110 valence electrons. The number of carbonyl (C=O) groups is 1. The summed E-state index contributed by atoms with van der Waals surface area (Å²) in [6.07, 6.45) is 5.10. The lowest BCUT2D eigenvalue weighted by Gasteiger charge is -2.24. The average Bonchev–Trinajstić information content (AvgIpc) is 3.05. The van der Waals surface area contributed by atoms with E-state index < -0.39 is 0 Å². The zero-order valence-corrected chi connectivity index (χ0v) is 12.2. The monoisotopic (exact) mass is 286 g/mol. The summed E-state index contributed by atoms with van der Waals surface area (Å²) in [5, 5.41) is 4.05. The molecule has 6 heteroatoms. The van der Waals surface area contributed by atoms with E-state index in [9.17, 15) is 9.59 Å². The van der Waals surface area contributed by atoms with Crippen LogP contribution in [0.3, 0.4) is 0 Å². The van der Waals surface area contributed by atoms with Gasteiger partial charge in [-0.3, -0.25) is 14.3 Å².